The Hall–Kier alpha value is -0.650. The first kappa shape index (κ1) is 26.4. The lowest BCUT2D eigenvalue weighted by molar-refractivity contribution is -0.138. The fourth-order valence-corrected chi connectivity index (χ4v) is 4.58. The summed E-state index contributed by atoms with van der Waals surface area (Å²) in [5.41, 5.74) is 0. The van der Waals surface area contributed by atoms with E-state index in [0.717, 1.165) is 13.0 Å². The lowest BCUT2D eigenvalue weighted by Gasteiger charge is -2.27. The number of hydrogen-bond donors (Lipinski definition) is 3. The van der Waals surface area contributed by atoms with Crippen molar-refractivity contribution < 1.29 is 15.0 Å². The van der Waals surface area contributed by atoms with Crippen molar-refractivity contribution in [2.24, 2.45) is 0 Å². The van der Waals surface area contributed by atoms with Crippen LogP contribution < -0.4 is 5.32 Å². The van der Waals surface area contributed by atoms with Crippen molar-refractivity contribution in [1.82, 2.24) is 10.2 Å². The minimum atomic E-state index is -0.757. The Morgan fingerprint density at radius 1 is 0.862 bits per heavy atom. The van der Waals surface area contributed by atoms with E-state index in [1.54, 1.807) is 0 Å². The molecule has 0 bridgehead atoms. The number of aliphatic carboxylic acids is 1. The number of nitrogens with zero attached hydrogens (tertiary/aromatic N) is 1. The maximum atomic E-state index is 11.0. The molecule has 0 aliphatic carbocycles. The monoisotopic (exact) mass is 412 g/mol. The van der Waals surface area contributed by atoms with Gasteiger partial charge in [-0.1, -0.05) is 103 Å². The summed E-state index contributed by atoms with van der Waals surface area (Å²) in [6.07, 6.45) is 22.0. The zero-order valence-corrected chi connectivity index (χ0v) is 19.0. The predicted molar refractivity (Wildman–Crippen MR) is 121 cm³/mol. The summed E-state index contributed by atoms with van der Waals surface area (Å²) < 4.78 is 0. The number of β-amino-alcohol motifs (C(OH)–C–C–N with tert-alkyl or cyclic N) is 1. The SMILES string of the molecule is CCCCCCCCCCCCCCCCCC1NCC(CC(=O)O)N1CCO. The fourth-order valence-electron chi connectivity index (χ4n) is 4.58. The van der Waals surface area contributed by atoms with Gasteiger partial charge in [-0.2, -0.15) is 0 Å². The molecule has 172 valence electrons. The molecule has 2 unspecified atom stereocenters. The first-order valence-electron chi connectivity index (χ1n) is 12.5. The minimum Gasteiger partial charge on any atom is -0.481 e. The molecule has 0 radical (unpaired) electrons. The van der Waals surface area contributed by atoms with Gasteiger partial charge in [0.25, 0.3) is 0 Å². The molecule has 5 nitrogen and oxygen atoms in total. The van der Waals surface area contributed by atoms with Crippen LogP contribution in [-0.4, -0.2) is 53.0 Å². The summed E-state index contributed by atoms with van der Waals surface area (Å²) >= 11 is 0. The van der Waals surface area contributed by atoms with Crippen LogP contribution in [0.3, 0.4) is 0 Å². The molecule has 0 spiro atoms. The molecule has 2 atom stereocenters. The van der Waals surface area contributed by atoms with Crippen LogP contribution in [0.4, 0.5) is 0 Å². The van der Waals surface area contributed by atoms with Gasteiger partial charge >= 0.3 is 5.97 Å². The smallest absolute Gasteiger partial charge is 0.304 e. The Kier molecular flexibility index (Phi) is 16.5. The average molecular weight is 413 g/mol. The minimum absolute atomic E-state index is 0.0148. The number of carboxylic acid groups (broad SMARTS) is 1. The third kappa shape index (κ3) is 13.3. The van der Waals surface area contributed by atoms with Gasteiger partial charge in [0.15, 0.2) is 0 Å². The van der Waals surface area contributed by atoms with E-state index in [2.05, 4.69) is 17.1 Å². The molecule has 0 saturated carbocycles. The van der Waals surface area contributed by atoms with E-state index >= 15 is 0 Å². The summed E-state index contributed by atoms with van der Waals surface area (Å²) in [6, 6.07) is 0.0148. The highest BCUT2D eigenvalue weighted by atomic mass is 16.4. The number of carboxylic acids is 1. The summed E-state index contributed by atoms with van der Waals surface area (Å²) in [5, 5.41) is 21.8. The summed E-state index contributed by atoms with van der Waals surface area (Å²) in [4.78, 5) is 13.2. The summed E-state index contributed by atoms with van der Waals surface area (Å²) in [7, 11) is 0. The number of hydrogen-bond acceptors (Lipinski definition) is 4. The van der Waals surface area contributed by atoms with Crippen LogP contribution in [0, 0.1) is 0 Å². The van der Waals surface area contributed by atoms with Gasteiger partial charge in [0, 0.05) is 19.1 Å². The van der Waals surface area contributed by atoms with Crippen molar-refractivity contribution in [3.8, 4) is 0 Å². The second-order valence-electron chi connectivity index (χ2n) is 8.88. The van der Waals surface area contributed by atoms with E-state index in [9.17, 15) is 9.90 Å². The fraction of sp³-hybridized carbons (Fsp3) is 0.958. The van der Waals surface area contributed by atoms with E-state index in [0.29, 0.717) is 6.54 Å². The van der Waals surface area contributed by atoms with Gasteiger partial charge in [-0.15, -0.1) is 0 Å². The van der Waals surface area contributed by atoms with Crippen LogP contribution in [0.15, 0.2) is 0 Å². The first-order valence-corrected chi connectivity index (χ1v) is 12.5. The van der Waals surface area contributed by atoms with E-state index in [1.807, 2.05) is 0 Å². The number of unbranched alkanes of at least 4 members (excludes halogenated alkanes) is 14. The first-order chi connectivity index (χ1) is 14.2. The standard InChI is InChI=1S/C24H48N2O3/c1-2-3-4-5-6-7-8-9-10-11-12-13-14-15-16-17-23-25-21-22(20-24(28)29)26(23)18-19-27/h22-23,25,27H,2-21H2,1H3,(H,28,29). The number of rotatable bonds is 20. The number of nitrogens with one attached hydrogen (secondary N) is 1. The topological polar surface area (TPSA) is 72.8 Å². The number of aliphatic hydroxyl groups excluding tert-OH is 1. The highest BCUT2D eigenvalue weighted by molar-refractivity contribution is 5.67. The van der Waals surface area contributed by atoms with Crippen LogP contribution in [0.25, 0.3) is 0 Å². The molecule has 0 amide bonds. The van der Waals surface area contributed by atoms with Crippen LogP contribution in [0.2, 0.25) is 0 Å². The van der Waals surface area contributed by atoms with Crippen LogP contribution in [0.5, 0.6) is 0 Å². The molecule has 5 heteroatoms. The quantitative estimate of drug-likeness (QED) is 0.236. The third-order valence-corrected chi connectivity index (χ3v) is 6.31. The zero-order chi connectivity index (χ0) is 21.2. The summed E-state index contributed by atoms with van der Waals surface area (Å²) in [6.45, 7) is 3.65. The summed E-state index contributed by atoms with van der Waals surface area (Å²) in [5.74, 6) is -0.757. The molecule has 1 aliphatic rings. The van der Waals surface area contributed by atoms with Crippen molar-refractivity contribution in [1.29, 1.82) is 0 Å². The van der Waals surface area contributed by atoms with Crippen LogP contribution in [-0.2, 0) is 4.79 Å². The van der Waals surface area contributed by atoms with Crippen molar-refractivity contribution in [2.75, 3.05) is 19.7 Å². The molecule has 3 N–H and O–H groups in total. The third-order valence-electron chi connectivity index (χ3n) is 6.31. The predicted octanol–water partition coefficient (Wildman–Crippen LogP) is 5.31. The molecule has 0 aromatic heterocycles. The van der Waals surface area contributed by atoms with Crippen molar-refractivity contribution in [3.63, 3.8) is 0 Å². The largest absolute Gasteiger partial charge is 0.481 e. The molecular weight excluding hydrogens is 364 g/mol. The maximum Gasteiger partial charge on any atom is 0.304 e. The van der Waals surface area contributed by atoms with Crippen LogP contribution in [0.1, 0.15) is 116 Å². The molecule has 1 rings (SSSR count). The van der Waals surface area contributed by atoms with Crippen molar-refractivity contribution >= 4 is 5.97 Å². The lowest BCUT2D eigenvalue weighted by Crippen LogP contribution is -2.41. The van der Waals surface area contributed by atoms with Gasteiger partial charge in [0.1, 0.15) is 0 Å². The van der Waals surface area contributed by atoms with Crippen LogP contribution >= 0.6 is 0 Å². The van der Waals surface area contributed by atoms with Gasteiger partial charge in [-0.3, -0.25) is 9.69 Å². The highest BCUT2D eigenvalue weighted by Gasteiger charge is 2.33. The molecular formula is C24H48N2O3. The van der Waals surface area contributed by atoms with Gasteiger partial charge in [-0.05, 0) is 6.42 Å². The van der Waals surface area contributed by atoms with Gasteiger partial charge in [0.05, 0.1) is 19.2 Å². The molecule has 0 aromatic carbocycles. The molecule has 1 saturated heterocycles. The lowest BCUT2D eigenvalue weighted by atomic mass is 10.0. The van der Waals surface area contributed by atoms with Crippen molar-refractivity contribution in [3.05, 3.63) is 0 Å². The van der Waals surface area contributed by atoms with E-state index in [-0.39, 0.29) is 25.2 Å². The molecule has 1 fully saturated rings. The van der Waals surface area contributed by atoms with E-state index in [1.165, 1.54) is 96.3 Å². The molecule has 0 aromatic rings. The van der Waals surface area contributed by atoms with Crippen molar-refractivity contribution in [2.45, 2.75) is 128 Å². The normalized spacial score (nSPS) is 19.8. The molecule has 1 aliphatic heterocycles. The Morgan fingerprint density at radius 2 is 1.34 bits per heavy atom. The maximum absolute atomic E-state index is 11.0. The second-order valence-corrected chi connectivity index (χ2v) is 8.88. The Bertz CT molecular complexity index is 392. The van der Waals surface area contributed by atoms with Gasteiger partial charge in [0.2, 0.25) is 0 Å². The second kappa shape index (κ2) is 18.1. The average Bonchev–Trinajstić information content (AvgIpc) is 3.06. The number of aliphatic hydroxyl groups is 1. The van der Waals surface area contributed by atoms with Gasteiger partial charge < -0.3 is 15.5 Å². The van der Waals surface area contributed by atoms with Gasteiger partial charge in [-0.25, -0.2) is 0 Å². The Morgan fingerprint density at radius 3 is 1.79 bits per heavy atom. The van der Waals surface area contributed by atoms with E-state index in [4.69, 9.17) is 5.11 Å². The Balaban J connectivity index is 1.92. The number of carbonyl (C=O) groups is 1. The molecule has 1 heterocycles. The highest BCUT2D eigenvalue weighted by Crippen LogP contribution is 2.20. The Labute approximate surface area is 179 Å². The van der Waals surface area contributed by atoms with E-state index < -0.39 is 5.97 Å². The molecule has 29 heavy (non-hydrogen) atoms. The zero-order valence-electron chi connectivity index (χ0n) is 19.0.